The summed E-state index contributed by atoms with van der Waals surface area (Å²) in [4.78, 5) is 4.56. The first-order chi connectivity index (χ1) is 20.7. The molecule has 0 radical (unpaired) electrons. The molecule has 0 amide bonds. The molecule has 9 nitrogen and oxygen atoms in total. The molecular weight excluding hydrogens is 619 g/mol. The summed E-state index contributed by atoms with van der Waals surface area (Å²) in [5, 5.41) is 20.7. The van der Waals surface area contributed by atoms with Crippen molar-refractivity contribution in [3.05, 3.63) is 53.1 Å². The van der Waals surface area contributed by atoms with E-state index in [0.717, 1.165) is 0 Å². The molecule has 5 rings (SSSR count). The molecule has 13 heteroatoms. The highest BCUT2D eigenvalue weighted by Gasteiger charge is 2.61. The Morgan fingerprint density at radius 1 is 1.00 bits per heavy atom. The second kappa shape index (κ2) is 12.7. The molecule has 2 aliphatic heterocycles. The monoisotopic (exact) mass is 664 g/mol. The van der Waals surface area contributed by atoms with Gasteiger partial charge >= 0.3 is 17.1 Å². The number of pyridine rings is 1. The van der Waals surface area contributed by atoms with E-state index < -0.39 is 41.7 Å². The Morgan fingerprint density at radius 2 is 1.64 bits per heavy atom. The highest BCUT2D eigenvalue weighted by Crippen LogP contribution is 2.48. The number of aromatic nitrogens is 3. The van der Waals surface area contributed by atoms with Gasteiger partial charge in [0, 0.05) is 5.56 Å². The van der Waals surface area contributed by atoms with Crippen LogP contribution in [0.15, 0.2) is 36.5 Å². The van der Waals surface area contributed by atoms with Crippen LogP contribution in [0.3, 0.4) is 0 Å². The van der Waals surface area contributed by atoms with Crippen molar-refractivity contribution in [1.29, 1.82) is 0 Å². The van der Waals surface area contributed by atoms with E-state index in [0.29, 0.717) is 22.3 Å². The summed E-state index contributed by atoms with van der Waals surface area (Å²) in [6, 6.07) is 7.97. The van der Waals surface area contributed by atoms with Gasteiger partial charge in [0.1, 0.15) is 29.3 Å². The summed E-state index contributed by atoms with van der Waals surface area (Å²) in [5.41, 5.74) is 2.19. The van der Waals surface area contributed by atoms with Gasteiger partial charge in [-0.1, -0.05) is 85.2 Å². The second-order valence-corrected chi connectivity index (χ2v) is 22.6. The summed E-state index contributed by atoms with van der Waals surface area (Å²) in [7, 11) is -5.73. The molecule has 2 saturated heterocycles. The molecular formula is C31H46ClFN4O5Si2. The normalized spacial score (nSPS) is 25.9. The average Bonchev–Trinajstić information content (AvgIpc) is 3.48. The molecule has 2 N–H and O–H groups in total. The van der Waals surface area contributed by atoms with Gasteiger partial charge in [-0.15, -0.1) is 0 Å². The maximum Gasteiger partial charge on any atom is 0.335 e. The topological polar surface area (TPSA) is 99.9 Å². The first-order valence-electron chi connectivity index (χ1n) is 15.6. The smallest absolute Gasteiger partial charge is 0.335 e. The summed E-state index contributed by atoms with van der Waals surface area (Å²) >= 11 is 6.50. The molecule has 44 heavy (non-hydrogen) atoms. The lowest BCUT2D eigenvalue weighted by molar-refractivity contribution is -0.0613. The molecule has 2 unspecified atom stereocenters. The SMILES string of the molecule is CC(Nc1cc(Cl)nc2c1cnn2[C@@H]1O[C@@H]2CO[Si](C(C)C)(C(C)C)O[Si](C(C)C)(C(C)C)OC2[C@@H]1O)c1ccccc1F. The minimum Gasteiger partial charge on any atom is -0.414 e. The minimum absolute atomic E-state index is 0.108. The number of rotatable bonds is 8. The average molecular weight is 665 g/mol. The van der Waals surface area contributed by atoms with Crippen LogP contribution in [0.4, 0.5) is 10.1 Å². The maximum atomic E-state index is 14.5. The van der Waals surface area contributed by atoms with E-state index in [2.05, 4.69) is 70.8 Å². The zero-order chi connectivity index (χ0) is 32.1. The predicted octanol–water partition coefficient (Wildman–Crippen LogP) is 7.61. The number of fused-ring (bicyclic) bond motifs is 2. The number of hydrogen-bond donors (Lipinski definition) is 2. The maximum absolute atomic E-state index is 14.5. The molecule has 0 saturated carbocycles. The third-order valence-corrected chi connectivity index (χ3v) is 19.6. The lowest BCUT2D eigenvalue weighted by Gasteiger charge is -2.51. The Morgan fingerprint density at radius 3 is 2.25 bits per heavy atom. The van der Waals surface area contributed by atoms with Crippen molar-refractivity contribution >= 4 is 45.4 Å². The number of aliphatic hydroxyl groups is 1. The van der Waals surface area contributed by atoms with Gasteiger partial charge in [0.25, 0.3) is 0 Å². The van der Waals surface area contributed by atoms with Crippen molar-refractivity contribution in [2.45, 2.75) is 115 Å². The first-order valence-corrected chi connectivity index (χ1v) is 19.9. The quantitative estimate of drug-likeness (QED) is 0.188. The number of ether oxygens (including phenoxy) is 1. The summed E-state index contributed by atoms with van der Waals surface area (Å²) in [5.74, 6) is -0.299. The third-order valence-electron chi connectivity index (χ3n) is 9.16. The fourth-order valence-corrected chi connectivity index (χ4v) is 18.2. The van der Waals surface area contributed by atoms with Crippen molar-refractivity contribution in [3.63, 3.8) is 0 Å². The van der Waals surface area contributed by atoms with Gasteiger partial charge in [-0.3, -0.25) is 0 Å². The van der Waals surface area contributed by atoms with Crippen LogP contribution in [-0.2, 0) is 17.7 Å². The van der Waals surface area contributed by atoms with E-state index in [4.69, 9.17) is 29.3 Å². The molecule has 3 aromatic rings. The highest BCUT2D eigenvalue weighted by molar-refractivity contribution is 6.84. The lowest BCUT2D eigenvalue weighted by Crippen LogP contribution is -2.65. The summed E-state index contributed by atoms with van der Waals surface area (Å²) in [6.45, 7) is 19.4. The van der Waals surface area contributed by atoms with E-state index in [1.165, 1.54) is 6.07 Å². The van der Waals surface area contributed by atoms with Gasteiger partial charge < -0.3 is 28.1 Å². The molecule has 2 fully saturated rings. The van der Waals surface area contributed by atoms with Crippen LogP contribution in [0.1, 0.15) is 80.1 Å². The van der Waals surface area contributed by atoms with Crippen molar-refractivity contribution in [2.24, 2.45) is 0 Å². The van der Waals surface area contributed by atoms with Gasteiger partial charge in [0.2, 0.25) is 0 Å². The number of aliphatic hydroxyl groups excluding tert-OH is 1. The number of hydrogen-bond acceptors (Lipinski definition) is 8. The van der Waals surface area contributed by atoms with Gasteiger partial charge in [0.05, 0.1) is 29.9 Å². The lowest BCUT2D eigenvalue weighted by atomic mass is 10.1. The number of anilines is 1. The molecule has 2 aromatic heterocycles. The standard InChI is InChI=1S/C31H46ClFN4O5Si2/c1-17(2)43(18(3)4)39-16-26-29(41-44(42-43,19(5)6)20(7)8)28(38)31(40-26)37-30-23(15-34-37)25(14-27(32)36-30)35-21(9)22-12-10-11-13-24(22)33/h10-15,17-21,26,28-29,31,38H,16H2,1-9H3,(H,35,36)/t21?,26-,28+,29?,31-/m1/s1. The van der Waals surface area contributed by atoms with Crippen LogP contribution in [0.2, 0.25) is 27.3 Å². The summed E-state index contributed by atoms with van der Waals surface area (Å²) in [6.07, 6.45) is -1.53. The van der Waals surface area contributed by atoms with Crippen LogP contribution in [0.25, 0.3) is 11.0 Å². The third kappa shape index (κ3) is 5.77. The predicted molar refractivity (Wildman–Crippen MR) is 175 cm³/mol. The largest absolute Gasteiger partial charge is 0.414 e. The zero-order valence-electron chi connectivity index (χ0n) is 27.0. The highest BCUT2D eigenvalue weighted by atomic mass is 35.5. The van der Waals surface area contributed by atoms with Crippen molar-refractivity contribution in [3.8, 4) is 0 Å². The van der Waals surface area contributed by atoms with Crippen LogP contribution in [0.5, 0.6) is 0 Å². The van der Waals surface area contributed by atoms with Gasteiger partial charge in [0.15, 0.2) is 11.9 Å². The van der Waals surface area contributed by atoms with Crippen molar-refractivity contribution in [2.75, 3.05) is 11.9 Å². The molecule has 0 bridgehead atoms. The number of nitrogens with one attached hydrogen (secondary N) is 1. The number of halogens is 2. The molecule has 0 spiro atoms. The van der Waals surface area contributed by atoms with E-state index in [1.54, 1.807) is 35.1 Å². The molecule has 1 aromatic carbocycles. The number of benzene rings is 1. The molecule has 2 aliphatic rings. The Labute approximate surface area is 266 Å². The van der Waals surface area contributed by atoms with E-state index in [9.17, 15) is 9.50 Å². The zero-order valence-corrected chi connectivity index (χ0v) is 29.8. The number of nitrogens with zero attached hydrogens (tertiary/aromatic N) is 3. The fraction of sp³-hybridized carbons (Fsp3) is 0.613. The molecule has 4 heterocycles. The van der Waals surface area contributed by atoms with E-state index in [1.807, 2.05) is 6.92 Å². The Kier molecular flexibility index (Phi) is 9.66. The first kappa shape index (κ1) is 33.5. The van der Waals surface area contributed by atoms with Gasteiger partial charge in [-0.2, -0.15) is 5.10 Å². The Bertz CT molecular complexity index is 1460. The van der Waals surface area contributed by atoms with Gasteiger partial charge in [-0.05, 0) is 41.2 Å². The second-order valence-electron chi connectivity index (χ2n) is 13.3. The van der Waals surface area contributed by atoms with E-state index >= 15 is 0 Å². The van der Waals surface area contributed by atoms with Crippen molar-refractivity contribution in [1.82, 2.24) is 14.8 Å². The van der Waals surface area contributed by atoms with Crippen LogP contribution in [-0.4, -0.2) is 61.9 Å². The van der Waals surface area contributed by atoms with Crippen LogP contribution in [0, 0.1) is 5.82 Å². The molecule has 242 valence electrons. The molecule has 0 aliphatic carbocycles. The Balaban J connectivity index is 1.52. The minimum atomic E-state index is -2.96. The van der Waals surface area contributed by atoms with Crippen molar-refractivity contribution < 1.29 is 27.2 Å². The van der Waals surface area contributed by atoms with Gasteiger partial charge in [-0.25, -0.2) is 14.1 Å². The van der Waals surface area contributed by atoms with Crippen LogP contribution >= 0.6 is 11.6 Å². The van der Waals surface area contributed by atoms with Crippen LogP contribution < -0.4 is 5.32 Å². The molecule has 5 atom stereocenters. The Hall–Kier alpha value is -1.91. The summed E-state index contributed by atoms with van der Waals surface area (Å²) < 4.78 is 43.8. The fourth-order valence-electron chi connectivity index (χ4n) is 6.77. The van der Waals surface area contributed by atoms with E-state index in [-0.39, 0.29) is 45.8 Å².